The maximum atomic E-state index is 12.9. The molecule has 0 amide bonds. The van der Waals surface area contributed by atoms with E-state index in [0.717, 1.165) is 36.1 Å². The minimum Gasteiger partial charge on any atom is -0.465 e. The van der Waals surface area contributed by atoms with E-state index in [4.69, 9.17) is 38.4 Å². The highest BCUT2D eigenvalue weighted by molar-refractivity contribution is 9.10. The van der Waals surface area contributed by atoms with Gasteiger partial charge in [0.05, 0.1) is 46.6 Å². The van der Waals surface area contributed by atoms with Crippen LogP contribution in [0.5, 0.6) is 0 Å². The quantitative estimate of drug-likeness (QED) is 0.0661. The normalized spacial score (nSPS) is 14.4. The van der Waals surface area contributed by atoms with Crippen LogP contribution in [-0.2, 0) is 27.2 Å². The van der Waals surface area contributed by atoms with Gasteiger partial charge in [0.25, 0.3) is 0 Å². The van der Waals surface area contributed by atoms with Crippen LogP contribution in [0.15, 0.2) is 59.1 Å². The van der Waals surface area contributed by atoms with Crippen molar-refractivity contribution in [1.29, 1.82) is 0 Å². The zero-order valence-electron chi connectivity index (χ0n) is 25.7. The zero-order valence-corrected chi connectivity index (χ0v) is 28.8. The fraction of sp³-hybridized carbons (Fsp3) is 0.429. The Labute approximate surface area is 284 Å². The van der Waals surface area contributed by atoms with Crippen LogP contribution in [0.1, 0.15) is 86.2 Å². The third-order valence-electron chi connectivity index (χ3n) is 8.45. The van der Waals surface area contributed by atoms with Crippen LogP contribution in [0.2, 0.25) is 10.0 Å². The highest BCUT2D eigenvalue weighted by atomic mass is 79.9. The van der Waals surface area contributed by atoms with Gasteiger partial charge < -0.3 is 25.8 Å². The predicted molar refractivity (Wildman–Crippen MR) is 186 cm³/mol. The molecule has 0 saturated heterocycles. The summed E-state index contributed by atoms with van der Waals surface area (Å²) in [7, 11) is 0. The molecule has 3 aromatic carbocycles. The monoisotopic (exact) mass is 717 g/mol. The number of hydrogen-bond donors (Lipinski definition) is 3. The first-order valence-electron chi connectivity index (χ1n) is 15.7. The van der Waals surface area contributed by atoms with Crippen LogP contribution in [0.4, 0.5) is 17.1 Å². The molecular formula is C35H42BrCl2N3O4. The Morgan fingerprint density at radius 1 is 0.911 bits per heavy atom. The average Bonchev–Trinajstić information content (AvgIpc) is 3.28. The standard InChI is InChI=1S/C35H42BrCl2N3O4/c1-2-35(16-7-3-4-8-17-35)40-23-26-20-25(21-27(36)32(26)39)34(43)45-19-10-9-18-44-31(42)22-24-12-5-6-15-30(24)41-33-28(37)13-11-14-29(33)38/h5-6,11-15,20-21,40-41H,2-4,7-10,16-19,22-23,39H2,1H3. The van der Waals surface area contributed by atoms with Crippen molar-refractivity contribution in [3.8, 4) is 0 Å². The van der Waals surface area contributed by atoms with Crippen molar-refractivity contribution in [3.63, 3.8) is 0 Å². The Balaban J connectivity index is 1.21. The SMILES string of the molecule is CCC1(NCc2cc(C(=O)OCCCCOC(=O)Cc3ccccc3Nc3c(Cl)cccc3Cl)cc(Br)c2N)CCCCCC1. The van der Waals surface area contributed by atoms with Gasteiger partial charge in [0.15, 0.2) is 0 Å². The number of carbonyl (C=O) groups excluding carboxylic acids is 2. The molecule has 1 aliphatic rings. The Morgan fingerprint density at radius 3 is 2.27 bits per heavy atom. The molecule has 0 radical (unpaired) electrons. The Kier molecular flexibility index (Phi) is 13.4. The summed E-state index contributed by atoms with van der Waals surface area (Å²) in [6.07, 6.45) is 9.63. The van der Waals surface area contributed by atoms with E-state index in [1.165, 1.54) is 25.7 Å². The molecule has 0 aromatic heterocycles. The number of para-hydroxylation sites is 2. The number of esters is 2. The number of nitrogens with one attached hydrogen (secondary N) is 2. The molecule has 0 atom stereocenters. The second-order valence-electron chi connectivity index (χ2n) is 11.6. The summed E-state index contributed by atoms with van der Waals surface area (Å²) >= 11 is 16.1. The average molecular weight is 720 g/mol. The predicted octanol–water partition coefficient (Wildman–Crippen LogP) is 9.40. The molecule has 4 N–H and O–H groups in total. The molecule has 1 saturated carbocycles. The Bertz CT molecular complexity index is 1440. The van der Waals surface area contributed by atoms with Crippen LogP contribution in [0.3, 0.4) is 0 Å². The second-order valence-corrected chi connectivity index (χ2v) is 13.2. The minimum absolute atomic E-state index is 0.0861. The molecule has 0 bridgehead atoms. The van der Waals surface area contributed by atoms with Crippen LogP contribution in [-0.4, -0.2) is 30.7 Å². The number of ether oxygens (including phenoxy) is 2. The van der Waals surface area contributed by atoms with Gasteiger partial charge in [-0.1, -0.05) is 80.1 Å². The van der Waals surface area contributed by atoms with Crippen LogP contribution in [0.25, 0.3) is 0 Å². The molecule has 7 nitrogen and oxygen atoms in total. The number of nitrogens with two attached hydrogens (primary N) is 1. The van der Waals surface area contributed by atoms with E-state index < -0.39 is 5.97 Å². The van der Waals surface area contributed by atoms with Gasteiger partial charge in [-0.3, -0.25) is 4.79 Å². The summed E-state index contributed by atoms with van der Waals surface area (Å²) in [5.74, 6) is -0.760. The van der Waals surface area contributed by atoms with Crippen LogP contribution in [0, 0.1) is 0 Å². The summed E-state index contributed by atoms with van der Waals surface area (Å²) in [5, 5.41) is 7.97. The van der Waals surface area contributed by atoms with Crippen molar-refractivity contribution in [2.45, 2.75) is 83.2 Å². The number of benzene rings is 3. The number of unbranched alkanes of at least 4 members (excludes halogenated alkanes) is 1. The number of halogens is 3. The summed E-state index contributed by atoms with van der Waals surface area (Å²) < 4.78 is 11.7. The molecule has 3 aromatic rings. The first kappa shape index (κ1) is 35.1. The highest BCUT2D eigenvalue weighted by Gasteiger charge is 2.28. The van der Waals surface area contributed by atoms with Gasteiger partial charge in [-0.05, 0) is 89.5 Å². The zero-order chi connectivity index (χ0) is 32.2. The molecule has 0 unspecified atom stereocenters. The number of nitrogen functional groups attached to an aromatic ring is 1. The molecule has 1 fully saturated rings. The molecule has 1 aliphatic carbocycles. The number of anilines is 3. The second kappa shape index (κ2) is 17.2. The van der Waals surface area contributed by atoms with Gasteiger partial charge in [0.2, 0.25) is 0 Å². The largest absolute Gasteiger partial charge is 0.465 e. The van der Waals surface area contributed by atoms with Gasteiger partial charge in [0.1, 0.15) is 0 Å². The van der Waals surface area contributed by atoms with E-state index in [9.17, 15) is 9.59 Å². The van der Waals surface area contributed by atoms with E-state index in [1.54, 1.807) is 24.3 Å². The summed E-state index contributed by atoms with van der Waals surface area (Å²) in [5.41, 5.74) is 10.5. The van der Waals surface area contributed by atoms with Gasteiger partial charge in [-0.2, -0.15) is 0 Å². The van der Waals surface area contributed by atoms with Crippen molar-refractivity contribution >= 4 is 68.1 Å². The third kappa shape index (κ3) is 10.1. The minimum atomic E-state index is -0.406. The van der Waals surface area contributed by atoms with Gasteiger partial charge in [-0.25, -0.2) is 4.79 Å². The highest BCUT2D eigenvalue weighted by Crippen LogP contribution is 2.34. The van der Waals surface area contributed by atoms with Gasteiger partial charge in [0, 0.05) is 22.2 Å². The molecule has 0 aliphatic heterocycles. The first-order valence-corrected chi connectivity index (χ1v) is 17.2. The van der Waals surface area contributed by atoms with E-state index in [2.05, 4.69) is 33.5 Å². The maximum absolute atomic E-state index is 12.9. The molecule has 0 spiro atoms. The van der Waals surface area contributed by atoms with E-state index in [0.29, 0.717) is 50.8 Å². The van der Waals surface area contributed by atoms with Gasteiger partial charge in [-0.15, -0.1) is 0 Å². The topological polar surface area (TPSA) is 103 Å². The number of rotatable bonds is 14. The molecule has 4 rings (SSSR count). The fourth-order valence-electron chi connectivity index (χ4n) is 5.68. The van der Waals surface area contributed by atoms with Crippen LogP contribution >= 0.6 is 39.1 Å². The fourth-order valence-corrected chi connectivity index (χ4v) is 6.67. The lowest BCUT2D eigenvalue weighted by molar-refractivity contribution is -0.143. The molecular weight excluding hydrogens is 677 g/mol. The van der Waals surface area contributed by atoms with Crippen molar-refractivity contribution in [1.82, 2.24) is 5.32 Å². The third-order valence-corrected chi connectivity index (χ3v) is 9.74. The summed E-state index contributed by atoms with van der Waals surface area (Å²) in [6, 6.07) is 16.2. The van der Waals surface area contributed by atoms with E-state index in [-0.39, 0.29) is 31.1 Å². The number of hydrogen-bond acceptors (Lipinski definition) is 7. The van der Waals surface area contributed by atoms with E-state index in [1.807, 2.05) is 30.3 Å². The van der Waals surface area contributed by atoms with Crippen molar-refractivity contribution in [3.05, 3.63) is 85.8 Å². The summed E-state index contributed by atoms with van der Waals surface area (Å²) in [4.78, 5) is 25.4. The maximum Gasteiger partial charge on any atom is 0.338 e. The lowest BCUT2D eigenvalue weighted by Gasteiger charge is -2.33. The lowest BCUT2D eigenvalue weighted by atomic mass is 9.87. The summed E-state index contributed by atoms with van der Waals surface area (Å²) in [6.45, 7) is 3.28. The number of carbonyl (C=O) groups is 2. The van der Waals surface area contributed by atoms with Crippen molar-refractivity contribution in [2.75, 3.05) is 24.3 Å². The Morgan fingerprint density at radius 2 is 1.58 bits per heavy atom. The lowest BCUT2D eigenvalue weighted by Crippen LogP contribution is -2.43. The smallest absolute Gasteiger partial charge is 0.338 e. The molecule has 242 valence electrons. The molecule has 45 heavy (non-hydrogen) atoms. The van der Waals surface area contributed by atoms with E-state index >= 15 is 0 Å². The van der Waals surface area contributed by atoms with Crippen molar-refractivity contribution in [2.24, 2.45) is 0 Å². The van der Waals surface area contributed by atoms with Crippen LogP contribution < -0.4 is 16.4 Å². The Hall–Kier alpha value is -2.78. The van der Waals surface area contributed by atoms with Crippen molar-refractivity contribution < 1.29 is 19.1 Å². The first-order chi connectivity index (χ1) is 21.7. The molecule has 0 heterocycles. The van der Waals surface area contributed by atoms with Gasteiger partial charge >= 0.3 is 11.9 Å². The molecule has 10 heteroatoms.